The monoisotopic (exact) mass is 287 g/mol. The summed E-state index contributed by atoms with van der Waals surface area (Å²) >= 11 is 0. The minimum Gasteiger partial charge on any atom is -0.481 e. The Morgan fingerprint density at radius 2 is 1.75 bits per heavy atom. The van der Waals surface area contributed by atoms with Gasteiger partial charge in [-0.1, -0.05) is 0 Å². The molecule has 0 saturated heterocycles. The van der Waals surface area contributed by atoms with E-state index in [0.717, 1.165) is 0 Å². The second kappa shape index (κ2) is 10.2. The van der Waals surface area contributed by atoms with Crippen LogP contribution < -0.4 is 10.6 Å². The van der Waals surface area contributed by atoms with Crippen LogP contribution >= 0.6 is 0 Å². The predicted octanol–water partition coefficient (Wildman–Crippen LogP) is -0.186. The first-order valence-corrected chi connectivity index (χ1v) is 6.80. The number of rotatable bonds is 10. The van der Waals surface area contributed by atoms with E-state index in [1.165, 1.54) is 6.92 Å². The SMILES string of the molecule is CC(=O)NCCNC(=O)CN(CCCC(=O)O)C(C)C. The van der Waals surface area contributed by atoms with Gasteiger partial charge < -0.3 is 15.7 Å². The van der Waals surface area contributed by atoms with Crippen LogP contribution in [0, 0.1) is 0 Å². The summed E-state index contributed by atoms with van der Waals surface area (Å²) in [6.45, 7) is 6.95. The van der Waals surface area contributed by atoms with Crippen LogP contribution in [0.25, 0.3) is 0 Å². The van der Waals surface area contributed by atoms with E-state index in [2.05, 4.69) is 10.6 Å². The van der Waals surface area contributed by atoms with Crippen molar-refractivity contribution in [2.24, 2.45) is 0 Å². The third-order valence-electron chi connectivity index (χ3n) is 2.73. The molecule has 0 unspecified atom stereocenters. The van der Waals surface area contributed by atoms with Gasteiger partial charge in [-0.2, -0.15) is 0 Å². The van der Waals surface area contributed by atoms with Crippen molar-refractivity contribution >= 4 is 17.8 Å². The molecule has 0 radical (unpaired) electrons. The number of hydrogen-bond donors (Lipinski definition) is 3. The molecule has 0 saturated carbocycles. The van der Waals surface area contributed by atoms with E-state index in [-0.39, 0.29) is 30.8 Å². The van der Waals surface area contributed by atoms with Gasteiger partial charge in [0.15, 0.2) is 0 Å². The highest BCUT2D eigenvalue weighted by atomic mass is 16.4. The molecule has 116 valence electrons. The number of carbonyl (C=O) groups excluding carboxylic acids is 2. The molecule has 0 aliphatic rings. The minimum atomic E-state index is -0.825. The van der Waals surface area contributed by atoms with Gasteiger partial charge in [-0.3, -0.25) is 19.3 Å². The van der Waals surface area contributed by atoms with Crippen LogP contribution in [-0.4, -0.2) is 60.0 Å². The Morgan fingerprint density at radius 3 is 2.25 bits per heavy atom. The molecule has 0 bridgehead atoms. The van der Waals surface area contributed by atoms with Crippen LogP contribution in [0.15, 0.2) is 0 Å². The zero-order valence-corrected chi connectivity index (χ0v) is 12.4. The van der Waals surface area contributed by atoms with Crippen LogP contribution in [0.2, 0.25) is 0 Å². The maximum atomic E-state index is 11.7. The smallest absolute Gasteiger partial charge is 0.303 e. The number of nitrogens with zero attached hydrogens (tertiary/aromatic N) is 1. The summed E-state index contributed by atoms with van der Waals surface area (Å²) in [5.41, 5.74) is 0. The normalized spacial score (nSPS) is 10.7. The van der Waals surface area contributed by atoms with Gasteiger partial charge in [-0.25, -0.2) is 0 Å². The Kier molecular flexibility index (Phi) is 9.36. The average molecular weight is 287 g/mol. The van der Waals surface area contributed by atoms with E-state index >= 15 is 0 Å². The van der Waals surface area contributed by atoms with Gasteiger partial charge in [-0.05, 0) is 26.8 Å². The fraction of sp³-hybridized carbons (Fsp3) is 0.769. The van der Waals surface area contributed by atoms with E-state index in [1.807, 2.05) is 18.7 Å². The van der Waals surface area contributed by atoms with Crippen LogP contribution in [-0.2, 0) is 14.4 Å². The molecule has 2 amide bonds. The highest BCUT2D eigenvalue weighted by Crippen LogP contribution is 2.01. The van der Waals surface area contributed by atoms with Gasteiger partial charge in [0.25, 0.3) is 0 Å². The molecular formula is C13H25N3O4. The fourth-order valence-electron chi connectivity index (χ4n) is 1.63. The standard InChI is InChI=1S/C13H25N3O4/c1-10(2)16(8-4-5-13(19)20)9-12(18)15-7-6-14-11(3)17/h10H,4-9H2,1-3H3,(H,14,17)(H,15,18)(H,19,20). The fourth-order valence-corrected chi connectivity index (χ4v) is 1.63. The number of carbonyl (C=O) groups is 3. The van der Waals surface area contributed by atoms with Crippen molar-refractivity contribution in [3.63, 3.8) is 0 Å². The van der Waals surface area contributed by atoms with E-state index in [1.54, 1.807) is 0 Å². The van der Waals surface area contributed by atoms with Crippen LogP contribution in [0.5, 0.6) is 0 Å². The van der Waals surface area contributed by atoms with Gasteiger partial charge in [0, 0.05) is 32.5 Å². The third-order valence-corrected chi connectivity index (χ3v) is 2.73. The zero-order chi connectivity index (χ0) is 15.5. The molecular weight excluding hydrogens is 262 g/mol. The Labute approximate surface area is 119 Å². The molecule has 0 heterocycles. The van der Waals surface area contributed by atoms with E-state index in [0.29, 0.717) is 26.1 Å². The van der Waals surface area contributed by atoms with Crippen molar-refractivity contribution in [3.8, 4) is 0 Å². The van der Waals surface area contributed by atoms with Gasteiger partial charge in [0.1, 0.15) is 0 Å². The van der Waals surface area contributed by atoms with E-state index in [4.69, 9.17) is 5.11 Å². The lowest BCUT2D eigenvalue weighted by molar-refractivity contribution is -0.137. The molecule has 3 N–H and O–H groups in total. The predicted molar refractivity (Wildman–Crippen MR) is 75.3 cm³/mol. The number of carboxylic acids is 1. The maximum Gasteiger partial charge on any atom is 0.303 e. The average Bonchev–Trinajstić information content (AvgIpc) is 2.32. The van der Waals surface area contributed by atoms with Crippen LogP contribution in [0.3, 0.4) is 0 Å². The number of aliphatic carboxylic acids is 1. The van der Waals surface area contributed by atoms with Crippen molar-refractivity contribution in [1.29, 1.82) is 0 Å². The number of carboxylic acid groups (broad SMARTS) is 1. The molecule has 0 aromatic heterocycles. The molecule has 0 aliphatic heterocycles. The molecule has 0 spiro atoms. The first-order chi connectivity index (χ1) is 9.32. The van der Waals surface area contributed by atoms with Crippen molar-refractivity contribution in [3.05, 3.63) is 0 Å². The second-order valence-electron chi connectivity index (χ2n) is 4.89. The summed E-state index contributed by atoms with van der Waals surface area (Å²) in [6.07, 6.45) is 0.625. The Morgan fingerprint density at radius 1 is 1.15 bits per heavy atom. The Bertz CT molecular complexity index is 332. The lowest BCUT2D eigenvalue weighted by Crippen LogP contribution is -2.43. The second-order valence-corrected chi connectivity index (χ2v) is 4.89. The Hall–Kier alpha value is -1.63. The highest BCUT2D eigenvalue weighted by molar-refractivity contribution is 5.78. The van der Waals surface area contributed by atoms with Gasteiger partial charge >= 0.3 is 5.97 Å². The first kappa shape index (κ1) is 18.4. The summed E-state index contributed by atoms with van der Waals surface area (Å²) < 4.78 is 0. The highest BCUT2D eigenvalue weighted by Gasteiger charge is 2.14. The van der Waals surface area contributed by atoms with Gasteiger partial charge in [0.05, 0.1) is 6.54 Å². The maximum absolute atomic E-state index is 11.7. The quantitative estimate of drug-likeness (QED) is 0.484. The van der Waals surface area contributed by atoms with Crippen molar-refractivity contribution in [2.75, 3.05) is 26.2 Å². The third kappa shape index (κ3) is 10.3. The number of nitrogens with one attached hydrogen (secondary N) is 2. The zero-order valence-electron chi connectivity index (χ0n) is 12.4. The van der Waals surface area contributed by atoms with Crippen molar-refractivity contribution < 1.29 is 19.5 Å². The molecule has 0 aromatic carbocycles. The molecule has 0 atom stereocenters. The summed E-state index contributed by atoms with van der Waals surface area (Å²) in [4.78, 5) is 34.8. The first-order valence-electron chi connectivity index (χ1n) is 6.80. The summed E-state index contributed by atoms with van der Waals surface area (Å²) in [7, 11) is 0. The summed E-state index contributed by atoms with van der Waals surface area (Å²) in [5, 5.41) is 13.9. The summed E-state index contributed by atoms with van der Waals surface area (Å²) in [6, 6.07) is 0.171. The molecule has 0 fully saturated rings. The molecule has 0 rings (SSSR count). The largest absolute Gasteiger partial charge is 0.481 e. The minimum absolute atomic E-state index is 0.105. The molecule has 0 aliphatic carbocycles. The van der Waals surface area contributed by atoms with Crippen LogP contribution in [0.1, 0.15) is 33.6 Å². The lowest BCUT2D eigenvalue weighted by atomic mass is 10.2. The number of amides is 2. The van der Waals surface area contributed by atoms with Gasteiger partial charge in [0.2, 0.25) is 11.8 Å². The van der Waals surface area contributed by atoms with Crippen LogP contribution in [0.4, 0.5) is 0 Å². The molecule has 20 heavy (non-hydrogen) atoms. The molecule has 7 heteroatoms. The van der Waals surface area contributed by atoms with E-state index in [9.17, 15) is 14.4 Å². The van der Waals surface area contributed by atoms with Crippen molar-refractivity contribution in [2.45, 2.75) is 39.7 Å². The molecule has 0 aromatic rings. The lowest BCUT2D eigenvalue weighted by Gasteiger charge is -2.25. The van der Waals surface area contributed by atoms with Crippen molar-refractivity contribution in [1.82, 2.24) is 15.5 Å². The van der Waals surface area contributed by atoms with Gasteiger partial charge in [-0.15, -0.1) is 0 Å². The summed E-state index contributed by atoms with van der Waals surface area (Å²) in [5.74, 6) is -1.08. The van der Waals surface area contributed by atoms with E-state index < -0.39 is 5.97 Å². The number of hydrogen-bond acceptors (Lipinski definition) is 4. The Balaban J connectivity index is 3.95. The molecule has 7 nitrogen and oxygen atoms in total. The topological polar surface area (TPSA) is 98.7 Å².